The standard InChI is InChI=1S/C7H13NO4S/c1-5(2)4-12-13(10,11)6(3)7(8)9/h5H,3-4H2,1-2H3,(H2,8,9). The summed E-state index contributed by atoms with van der Waals surface area (Å²) in [5.41, 5.74) is 4.73. The molecule has 0 rings (SSSR count). The summed E-state index contributed by atoms with van der Waals surface area (Å²) >= 11 is 0. The molecule has 0 aliphatic heterocycles. The number of rotatable bonds is 5. The maximum Gasteiger partial charge on any atom is 0.301 e. The molecule has 0 saturated heterocycles. The lowest BCUT2D eigenvalue weighted by Gasteiger charge is -2.06. The van der Waals surface area contributed by atoms with Gasteiger partial charge >= 0.3 is 10.1 Å². The van der Waals surface area contributed by atoms with Gasteiger partial charge in [-0.25, -0.2) is 0 Å². The summed E-state index contributed by atoms with van der Waals surface area (Å²) in [7, 11) is -4.02. The molecule has 6 heteroatoms. The molecule has 13 heavy (non-hydrogen) atoms. The van der Waals surface area contributed by atoms with Crippen molar-refractivity contribution in [2.24, 2.45) is 11.7 Å². The lowest BCUT2D eigenvalue weighted by Crippen LogP contribution is -2.22. The molecule has 5 nitrogen and oxygen atoms in total. The largest absolute Gasteiger partial charge is 0.365 e. The molecule has 0 aliphatic rings. The molecule has 0 heterocycles. The second kappa shape index (κ2) is 4.38. The molecule has 1 amide bonds. The van der Waals surface area contributed by atoms with Gasteiger partial charge in [0.15, 0.2) is 4.91 Å². The second-order valence-corrected chi connectivity index (χ2v) is 4.56. The number of hydrogen-bond acceptors (Lipinski definition) is 4. The molecule has 0 aliphatic carbocycles. The van der Waals surface area contributed by atoms with E-state index in [0.717, 1.165) is 0 Å². The smallest absolute Gasteiger partial charge is 0.301 e. The minimum atomic E-state index is -4.02. The predicted octanol–water partition coefficient (Wildman–Crippen LogP) is -0.0122. The molecule has 0 unspecified atom stereocenters. The normalized spacial score (nSPS) is 11.6. The molecule has 0 radical (unpaired) electrons. The Morgan fingerprint density at radius 3 is 2.31 bits per heavy atom. The van der Waals surface area contributed by atoms with Crippen LogP contribution in [0.15, 0.2) is 11.5 Å². The number of carbonyl (C=O) groups is 1. The average Bonchev–Trinajstić information content (AvgIpc) is 1.99. The lowest BCUT2D eigenvalue weighted by molar-refractivity contribution is -0.114. The average molecular weight is 207 g/mol. The van der Waals surface area contributed by atoms with Gasteiger partial charge in [-0.15, -0.1) is 0 Å². The third kappa shape index (κ3) is 4.05. The summed E-state index contributed by atoms with van der Waals surface area (Å²) < 4.78 is 26.6. The molecule has 0 aromatic heterocycles. The first-order valence-corrected chi connectivity index (χ1v) is 5.06. The molecule has 0 atom stereocenters. The summed E-state index contributed by atoms with van der Waals surface area (Å²) in [4.78, 5) is 9.74. The van der Waals surface area contributed by atoms with Gasteiger partial charge in [-0.1, -0.05) is 20.4 Å². The van der Waals surface area contributed by atoms with E-state index in [0.29, 0.717) is 0 Å². The first kappa shape index (κ1) is 12.1. The number of nitrogens with two attached hydrogens (primary N) is 1. The zero-order valence-corrected chi connectivity index (χ0v) is 8.43. The van der Waals surface area contributed by atoms with E-state index in [1.54, 1.807) is 13.8 Å². The van der Waals surface area contributed by atoms with Crippen LogP contribution >= 0.6 is 0 Å². The van der Waals surface area contributed by atoms with Crippen molar-refractivity contribution in [2.45, 2.75) is 13.8 Å². The van der Waals surface area contributed by atoms with Crippen molar-refractivity contribution in [3.63, 3.8) is 0 Å². The monoisotopic (exact) mass is 207 g/mol. The van der Waals surface area contributed by atoms with E-state index in [-0.39, 0.29) is 12.5 Å². The number of hydrogen-bond donors (Lipinski definition) is 1. The van der Waals surface area contributed by atoms with Gasteiger partial charge in [-0.05, 0) is 5.92 Å². The van der Waals surface area contributed by atoms with Crippen LogP contribution in [-0.2, 0) is 19.1 Å². The SMILES string of the molecule is C=C(C(N)=O)S(=O)(=O)OCC(C)C. The highest BCUT2D eigenvalue weighted by atomic mass is 32.2. The molecular formula is C7H13NO4S. The van der Waals surface area contributed by atoms with Crippen LogP contribution in [0.2, 0.25) is 0 Å². The molecule has 2 N–H and O–H groups in total. The highest BCUT2D eigenvalue weighted by Crippen LogP contribution is 2.07. The van der Waals surface area contributed by atoms with Gasteiger partial charge in [0.25, 0.3) is 5.91 Å². The van der Waals surface area contributed by atoms with Gasteiger partial charge in [0.1, 0.15) is 0 Å². The zero-order valence-electron chi connectivity index (χ0n) is 7.61. The highest BCUT2D eigenvalue weighted by molar-refractivity contribution is 7.91. The third-order valence-corrected chi connectivity index (χ3v) is 2.38. The van der Waals surface area contributed by atoms with Gasteiger partial charge in [0, 0.05) is 0 Å². The van der Waals surface area contributed by atoms with E-state index in [4.69, 9.17) is 5.73 Å². The van der Waals surface area contributed by atoms with Crippen LogP contribution in [0, 0.1) is 5.92 Å². The molecular weight excluding hydrogens is 194 g/mol. The van der Waals surface area contributed by atoms with Gasteiger partial charge in [-0.2, -0.15) is 8.42 Å². The van der Waals surface area contributed by atoms with Crippen molar-refractivity contribution in [2.75, 3.05) is 6.61 Å². The molecule has 0 saturated carbocycles. The molecule has 0 aromatic rings. The quantitative estimate of drug-likeness (QED) is 0.507. The van der Waals surface area contributed by atoms with E-state index >= 15 is 0 Å². The molecule has 0 spiro atoms. The fraction of sp³-hybridized carbons (Fsp3) is 0.571. The Bertz CT molecular complexity index is 304. The Labute approximate surface area is 77.7 Å². The van der Waals surface area contributed by atoms with Crippen LogP contribution in [0.5, 0.6) is 0 Å². The van der Waals surface area contributed by atoms with Gasteiger partial charge < -0.3 is 5.73 Å². The molecule has 0 bridgehead atoms. The van der Waals surface area contributed by atoms with Gasteiger partial charge in [0.2, 0.25) is 0 Å². The number of primary amides is 1. The van der Waals surface area contributed by atoms with Crippen molar-refractivity contribution < 1.29 is 17.4 Å². The fourth-order valence-corrected chi connectivity index (χ4v) is 1.26. The number of carbonyl (C=O) groups excluding carboxylic acids is 1. The maximum atomic E-state index is 11.1. The second-order valence-electron chi connectivity index (χ2n) is 2.92. The molecule has 76 valence electrons. The molecule has 0 aromatic carbocycles. The molecule has 0 fully saturated rings. The summed E-state index contributed by atoms with van der Waals surface area (Å²) in [5, 5.41) is 0. The Hall–Kier alpha value is -0.880. The van der Waals surface area contributed by atoms with E-state index in [2.05, 4.69) is 10.8 Å². The van der Waals surface area contributed by atoms with Crippen LogP contribution in [-0.4, -0.2) is 20.9 Å². The zero-order chi connectivity index (χ0) is 10.6. The van der Waals surface area contributed by atoms with Crippen molar-refractivity contribution in [1.82, 2.24) is 0 Å². The van der Waals surface area contributed by atoms with Crippen LogP contribution in [0.1, 0.15) is 13.8 Å². The van der Waals surface area contributed by atoms with Crippen molar-refractivity contribution in [3.8, 4) is 0 Å². The van der Waals surface area contributed by atoms with E-state index in [9.17, 15) is 13.2 Å². The first-order chi connectivity index (χ1) is 5.77. The first-order valence-electron chi connectivity index (χ1n) is 3.65. The van der Waals surface area contributed by atoms with Crippen LogP contribution in [0.4, 0.5) is 0 Å². The minimum absolute atomic E-state index is 0.00856. The van der Waals surface area contributed by atoms with Crippen molar-refractivity contribution >= 4 is 16.0 Å². The van der Waals surface area contributed by atoms with Crippen LogP contribution in [0.3, 0.4) is 0 Å². The Balaban J connectivity index is 4.43. The Morgan fingerprint density at radius 1 is 1.54 bits per heavy atom. The van der Waals surface area contributed by atoms with E-state index < -0.39 is 20.9 Å². The fourth-order valence-electron chi connectivity index (χ4n) is 0.420. The van der Waals surface area contributed by atoms with E-state index in [1.165, 1.54) is 0 Å². The van der Waals surface area contributed by atoms with Crippen LogP contribution in [0.25, 0.3) is 0 Å². The van der Waals surface area contributed by atoms with Gasteiger partial charge in [-0.3, -0.25) is 8.98 Å². The van der Waals surface area contributed by atoms with Crippen molar-refractivity contribution in [3.05, 3.63) is 11.5 Å². The summed E-state index contributed by atoms with van der Waals surface area (Å²) in [5.74, 6) is -1.04. The lowest BCUT2D eigenvalue weighted by atomic mass is 10.2. The van der Waals surface area contributed by atoms with Crippen LogP contribution < -0.4 is 5.73 Å². The summed E-state index contributed by atoms with van der Waals surface area (Å²) in [6, 6.07) is 0. The summed E-state index contributed by atoms with van der Waals surface area (Å²) in [6.45, 7) is 6.59. The van der Waals surface area contributed by atoms with E-state index in [1.807, 2.05) is 0 Å². The predicted molar refractivity (Wildman–Crippen MR) is 48.0 cm³/mol. The Morgan fingerprint density at radius 2 is 2.00 bits per heavy atom. The highest BCUT2D eigenvalue weighted by Gasteiger charge is 2.21. The number of amides is 1. The van der Waals surface area contributed by atoms with Gasteiger partial charge in [0.05, 0.1) is 6.61 Å². The third-order valence-electron chi connectivity index (χ3n) is 1.13. The summed E-state index contributed by atoms with van der Waals surface area (Å²) in [6.07, 6.45) is 0. The maximum absolute atomic E-state index is 11.1. The minimum Gasteiger partial charge on any atom is -0.365 e. The van der Waals surface area contributed by atoms with Crippen molar-refractivity contribution in [1.29, 1.82) is 0 Å². The topological polar surface area (TPSA) is 86.5 Å². The Kier molecular flexibility index (Phi) is 4.09.